The van der Waals surface area contributed by atoms with E-state index >= 15 is 0 Å². The molecule has 3 aliphatic rings. The van der Waals surface area contributed by atoms with Crippen molar-refractivity contribution in [3.05, 3.63) is 0 Å². The molecule has 3 aliphatic heterocycles. The maximum absolute atomic E-state index is 12.8. The molecule has 2 bridgehead atoms. The summed E-state index contributed by atoms with van der Waals surface area (Å²) in [7, 11) is 2.05. The van der Waals surface area contributed by atoms with Crippen LogP contribution >= 0.6 is 24.8 Å². The normalized spacial score (nSPS) is 31.4. The highest BCUT2D eigenvalue weighted by Crippen LogP contribution is 2.31. The van der Waals surface area contributed by atoms with E-state index in [1.54, 1.807) is 0 Å². The van der Waals surface area contributed by atoms with Crippen LogP contribution in [-0.2, 0) is 4.79 Å². The van der Waals surface area contributed by atoms with E-state index < -0.39 is 0 Å². The van der Waals surface area contributed by atoms with Gasteiger partial charge in [0.15, 0.2) is 0 Å². The third kappa shape index (κ3) is 4.75. The average Bonchev–Trinajstić information content (AvgIpc) is 2.84. The van der Waals surface area contributed by atoms with Crippen molar-refractivity contribution in [1.82, 2.24) is 15.1 Å². The van der Waals surface area contributed by atoms with Gasteiger partial charge in [-0.3, -0.25) is 4.79 Å². The van der Waals surface area contributed by atoms with E-state index in [9.17, 15) is 4.79 Å². The Balaban J connectivity index is 0.00000132. The van der Waals surface area contributed by atoms with Crippen LogP contribution in [0.15, 0.2) is 0 Å². The Morgan fingerprint density at radius 3 is 2.04 bits per heavy atom. The molecule has 3 fully saturated rings. The van der Waals surface area contributed by atoms with Crippen LogP contribution in [0, 0.1) is 5.92 Å². The first-order valence-corrected chi connectivity index (χ1v) is 8.81. The summed E-state index contributed by atoms with van der Waals surface area (Å²) in [5, 5.41) is 3.67. The Morgan fingerprint density at radius 2 is 1.57 bits per heavy atom. The summed E-state index contributed by atoms with van der Waals surface area (Å²) < 4.78 is 0. The first-order valence-electron chi connectivity index (χ1n) is 8.81. The summed E-state index contributed by atoms with van der Waals surface area (Å²) in [5.41, 5.74) is 0. The van der Waals surface area contributed by atoms with Crippen LogP contribution in [0.4, 0.5) is 0 Å². The maximum Gasteiger partial charge on any atom is 0.225 e. The number of amides is 1. The monoisotopic (exact) mass is 365 g/mol. The van der Waals surface area contributed by atoms with Crippen LogP contribution in [0.25, 0.3) is 0 Å². The maximum atomic E-state index is 12.8. The van der Waals surface area contributed by atoms with E-state index in [-0.39, 0.29) is 30.7 Å². The minimum atomic E-state index is 0. The molecule has 6 heteroatoms. The second-order valence-corrected chi connectivity index (χ2v) is 7.62. The Kier molecular flexibility index (Phi) is 8.12. The van der Waals surface area contributed by atoms with Crippen molar-refractivity contribution in [1.29, 1.82) is 0 Å². The highest BCUT2D eigenvalue weighted by Gasteiger charge is 2.38. The van der Waals surface area contributed by atoms with E-state index in [1.807, 2.05) is 7.05 Å². The third-order valence-electron chi connectivity index (χ3n) is 5.95. The van der Waals surface area contributed by atoms with Gasteiger partial charge in [0, 0.05) is 37.1 Å². The van der Waals surface area contributed by atoms with Gasteiger partial charge in [-0.05, 0) is 65.5 Å². The molecule has 3 saturated heterocycles. The van der Waals surface area contributed by atoms with Gasteiger partial charge >= 0.3 is 0 Å². The predicted molar refractivity (Wildman–Crippen MR) is 99.7 cm³/mol. The van der Waals surface area contributed by atoms with Crippen molar-refractivity contribution in [2.45, 2.75) is 76.5 Å². The second kappa shape index (κ2) is 8.89. The first kappa shape index (κ1) is 21.0. The van der Waals surface area contributed by atoms with Crippen molar-refractivity contribution < 1.29 is 4.79 Å². The van der Waals surface area contributed by atoms with Crippen molar-refractivity contribution in [3.8, 4) is 0 Å². The summed E-state index contributed by atoms with van der Waals surface area (Å²) in [6, 6.07) is 2.40. The highest BCUT2D eigenvalue weighted by molar-refractivity contribution is 5.85. The van der Waals surface area contributed by atoms with Crippen LogP contribution in [0.3, 0.4) is 0 Å². The fourth-order valence-electron chi connectivity index (χ4n) is 4.47. The number of fused-ring (bicyclic) bond motifs is 2. The molecule has 136 valence electrons. The second-order valence-electron chi connectivity index (χ2n) is 7.62. The molecule has 0 aromatic rings. The van der Waals surface area contributed by atoms with Gasteiger partial charge < -0.3 is 15.1 Å². The summed E-state index contributed by atoms with van der Waals surface area (Å²) >= 11 is 0. The fourth-order valence-corrected chi connectivity index (χ4v) is 4.47. The molecule has 0 radical (unpaired) electrons. The molecule has 23 heavy (non-hydrogen) atoms. The first-order chi connectivity index (χ1) is 10.0. The fraction of sp³-hybridized carbons (Fsp3) is 0.941. The quantitative estimate of drug-likeness (QED) is 0.834. The number of rotatable bonds is 3. The van der Waals surface area contributed by atoms with Crippen molar-refractivity contribution in [3.63, 3.8) is 0 Å². The lowest BCUT2D eigenvalue weighted by Gasteiger charge is -2.39. The standard InChI is InChI=1S/C17H31N3O.2ClH/c1-12(2)20-8-6-13(7-9-20)17(21)19(3)16-10-14-4-5-15(11-16)18-14;;/h12-16,18H,4-11H2,1-3H3;2*1H. The van der Waals surface area contributed by atoms with Crippen LogP contribution in [-0.4, -0.2) is 60.0 Å². The number of carbonyl (C=O) groups is 1. The lowest BCUT2D eigenvalue weighted by Crippen LogP contribution is -2.51. The average molecular weight is 366 g/mol. The van der Waals surface area contributed by atoms with Crippen LogP contribution in [0.2, 0.25) is 0 Å². The van der Waals surface area contributed by atoms with Crippen LogP contribution < -0.4 is 5.32 Å². The number of hydrogen-bond donors (Lipinski definition) is 1. The largest absolute Gasteiger partial charge is 0.342 e. The zero-order chi connectivity index (χ0) is 15.0. The smallest absolute Gasteiger partial charge is 0.225 e. The summed E-state index contributed by atoms with van der Waals surface area (Å²) in [6.45, 7) is 6.66. The zero-order valence-corrected chi connectivity index (χ0v) is 16.3. The van der Waals surface area contributed by atoms with Gasteiger partial charge in [-0.25, -0.2) is 0 Å². The van der Waals surface area contributed by atoms with E-state index in [1.165, 1.54) is 12.8 Å². The molecule has 0 aliphatic carbocycles. The minimum absolute atomic E-state index is 0. The molecule has 4 nitrogen and oxygen atoms in total. The molecule has 3 heterocycles. The SMILES string of the molecule is CC(C)N1CCC(C(=O)N(C)C2CC3CCC(C2)N3)CC1.Cl.Cl. The van der Waals surface area contributed by atoms with E-state index in [0.717, 1.165) is 38.8 Å². The number of piperidine rings is 2. The number of carbonyl (C=O) groups excluding carboxylic acids is 1. The van der Waals surface area contributed by atoms with Gasteiger partial charge in [0.05, 0.1) is 0 Å². The number of hydrogen-bond acceptors (Lipinski definition) is 3. The van der Waals surface area contributed by atoms with Crippen LogP contribution in [0.1, 0.15) is 52.4 Å². The van der Waals surface area contributed by atoms with Gasteiger partial charge in [-0.15, -0.1) is 24.8 Å². The van der Waals surface area contributed by atoms with Crippen LogP contribution in [0.5, 0.6) is 0 Å². The van der Waals surface area contributed by atoms with Crippen molar-refractivity contribution >= 4 is 30.7 Å². The molecular formula is C17H33Cl2N3O. The molecule has 1 N–H and O–H groups in total. The van der Waals surface area contributed by atoms with Crippen molar-refractivity contribution in [2.24, 2.45) is 5.92 Å². The molecule has 0 spiro atoms. The Hall–Kier alpha value is -0.0300. The van der Waals surface area contributed by atoms with E-state index in [2.05, 4.69) is 29.0 Å². The molecule has 0 aromatic carbocycles. The molecule has 2 unspecified atom stereocenters. The van der Waals surface area contributed by atoms with Gasteiger partial charge in [0.1, 0.15) is 0 Å². The third-order valence-corrected chi connectivity index (χ3v) is 5.95. The predicted octanol–water partition coefficient (Wildman–Crippen LogP) is 2.69. The molecular weight excluding hydrogens is 333 g/mol. The topological polar surface area (TPSA) is 35.6 Å². The molecule has 0 saturated carbocycles. The van der Waals surface area contributed by atoms with Crippen molar-refractivity contribution in [2.75, 3.05) is 20.1 Å². The van der Waals surface area contributed by atoms with Gasteiger partial charge in [-0.2, -0.15) is 0 Å². The summed E-state index contributed by atoms with van der Waals surface area (Å²) in [5.74, 6) is 0.669. The van der Waals surface area contributed by atoms with E-state index in [4.69, 9.17) is 0 Å². The van der Waals surface area contributed by atoms with Gasteiger partial charge in [0.2, 0.25) is 5.91 Å². The molecule has 3 rings (SSSR count). The Bertz CT molecular complexity index is 374. The molecule has 1 amide bonds. The molecule has 2 atom stereocenters. The van der Waals surface area contributed by atoms with E-state index in [0.29, 0.717) is 30.1 Å². The number of nitrogens with zero attached hydrogens (tertiary/aromatic N) is 2. The minimum Gasteiger partial charge on any atom is -0.342 e. The number of nitrogens with one attached hydrogen (secondary N) is 1. The highest BCUT2D eigenvalue weighted by atomic mass is 35.5. The summed E-state index contributed by atoms with van der Waals surface area (Å²) in [6.07, 6.45) is 7.00. The van der Waals surface area contributed by atoms with Gasteiger partial charge in [-0.1, -0.05) is 0 Å². The molecule has 0 aromatic heterocycles. The lowest BCUT2D eigenvalue weighted by molar-refractivity contribution is -0.138. The number of halogens is 2. The lowest BCUT2D eigenvalue weighted by atomic mass is 9.92. The number of likely N-dealkylation sites (tertiary alicyclic amines) is 1. The van der Waals surface area contributed by atoms with Gasteiger partial charge in [0.25, 0.3) is 0 Å². The summed E-state index contributed by atoms with van der Waals surface area (Å²) in [4.78, 5) is 17.4. The Morgan fingerprint density at radius 1 is 1.04 bits per heavy atom. The Labute approximate surface area is 153 Å². The zero-order valence-electron chi connectivity index (χ0n) is 14.7.